The summed E-state index contributed by atoms with van der Waals surface area (Å²) in [6.07, 6.45) is 4.90. The number of hydrogen-bond acceptors (Lipinski definition) is 6. The minimum Gasteiger partial charge on any atom is -0.390 e. The van der Waals surface area contributed by atoms with Crippen molar-refractivity contribution in [2.75, 3.05) is 31.5 Å². The predicted octanol–water partition coefficient (Wildman–Crippen LogP) is 1.90. The van der Waals surface area contributed by atoms with Crippen molar-refractivity contribution in [3.63, 3.8) is 0 Å². The number of aliphatic hydroxyl groups is 1. The third-order valence-electron chi connectivity index (χ3n) is 4.35. The van der Waals surface area contributed by atoms with Crippen molar-refractivity contribution in [1.82, 2.24) is 19.9 Å². The fourth-order valence-corrected chi connectivity index (χ4v) is 3.26. The van der Waals surface area contributed by atoms with E-state index in [2.05, 4.69) is 25.2 Å². The zero-order chi connectivity index (χ0) is 16.2. The summed E-state index contributed by atoms with van der Waals surface area (Å²) in [4.78, 5) is 15.4. The Morgan fingerprint density at radius 2 is 2.00 bits per heavy atom. The van der Waals surface area contributed by atoms with Gasteiger partial charge in [-0.3, -0.25) is 0 Å². The highest BCUT2D eigenvalue weighted by atomic mass is 16.3. The summed E-state index contributed by atoms with van der Waals surface area (Å²) < 4.78 is 0. The molecule has 1 atom stereocenters. The third-order valence-corrected chi connectivity index (χ3v) is 4.35. The zero-order valence-electron chi connectivity index (χ0n) is 13.9. The Kier molecular flexibility index (Phi) is 5.03. The van der Waals surface area contributed by atoms with Crippen LogP contribution in [-0.2, 0) is 0 Å². The molecule has 1 unspecified atom stereocenters. The Labute approximate surface area is 137 Å². The first-order valence-electron chi connectivity index (χ1n) is 8.37. The monoisotopic (exact) mass is 315 g/mol. The minimum atomic E-state index is -0.406. The molecule has 23 heavy (non-hydrogen) atoms. The fourth-order valence-electron chi connectivity index (χ4n) is 3.26. The molecule has 6 nitrogen and oxygen atoms in total. The normalized spacial score (nSPS) is 17.3. The molecule has 1 saturated heterocycles. The highest BCUT2D eigenvalue weighted by Gasteiger charge is 2.15. The molecule has 0 bridgehead atoms. The number of piperidine rings is 1. The number of aryl methyl sites for hydroxylation is 2. The first kappa shape index (κ1) is 16.1. The van der Waals surface area contributed by atoms with Crippen LogP contribution in [0.25, 0.3) is 11.0 Å². The average molecular weight is 315 g/mol. The zero-order valence-corrected chi connectivity index (χ0v) is 13.9. The van der Waals surface area contributed by atoms with Gasteiger partial charge in [-0.25, -0.2) is 15.0 Å². The first-order valence-corrected chi connectivity index (χ1v) is 8.37. The molecule has 3 rings (SSSR count). The van der Waals surface area contributed by atoms with Crippen LogP contribution in [0.15, 0.2) is 12.4 Å². The molecule has 0 saturated carbocycles. The summed E-state index contributed by atoms with van der Waals surface area (Å²) >= 11 is 0. The van der Waals surface area contributed by atoms with Gasteiger partial charge in [0.1, 0.15) is 12.1 Å². The summed E-state index contributed by atoms with van der Waals surface area (Å²) in [7, 11) is 0. The molecule has 0 aliphatic carbocycles. The Morgan fingerprint density at radius 1 is 1.22 bits per heavy atom. The van der Waals surface area contributed by atoms with Crippen LogP contribution >= 0.6 is 0 Å². The van der Waals surface area contributed by atoms with Gasteiger partial charge in [-0.2, -0.15) is 0 Å². The summed E-state index contributed by atoms with van der Waals surface area (Å²) in [6.45, 7) is 7.38. The largest absolute Gasteiger partial charge is 0.390 e. The van der Waals surface area contributed by atoms with E-state index in [9.17, 15) is 5.11 Å². The number of aliphatic hydroxyl groups excluding tert-OH is 1. The van der Waals surface area contributed by atoms with Crippen LogP contribution in [0.4, 0.5) is 5.82 Å². The molecular formula is C17H25N5O. The number of aromatic nitrogens is 3. The Morgan fingerprint density at radius 3 is 2.78 bits per heavy atom. The molecule has 0 spiro atoms. The van der Waals surface area contributed by atoms with Gasteiger partial charge in [-0.1, -0.05) is 6.42 Å². The van der Waals surface area contributed by atoms with Crippen LogP contribution in [0, 0.1) is 13.8 Å². The molecule has 0 amide bonds. The average Bonchev–Trinajstić information content (AvgIpc) is 2.53. The van der Waals surface area contributed by atoms with Crippen molar-refractivity contribution < 1.29 is 5.11 Å². The van der Waals surface area contributed by atoms with E-state index in [1.165, 1.54) is 25.6 Å². The minimum absolute atomic E-state index is 0.406. The lowest BCUT2D eigenvalue weighted by Crippen LogP contribution is -2.39. The van der Waals surface area contributed by atoms with Gasteiger partial charge in [0.25, 0.3) is 0 Å². The van der Waals surface area contributed by atoms with E-state index < -0.39 is 6.10 Å². The van der Waals surface area contributed by atoms with Gasteiger partial charge >= 0.3 is 0 Å². The number of likely N-dealkylation sites (tertiary alicyclic amines) is 1. The summed E-state index contributed by atoms with van der Waals surface area (Å²) in [5.41, 5.74) is 2.75. The van der Waals surface area contributed by atoms with Gasteiger partial charge in [-0.15, -0.1) is 0 Å². The molecule has 1 aliphatic heterocycles. The van der Waals surface area contributed by atoms with E-state index in [1.807, 2.05) is 19.9 Å². The Hall–Kier alpha value is -1.79. The number of nitrogens with zero attached hydrogens (tertiary/aromatic N) is 4. The number of nitrogens with one attached hydrogen (secondary N) is 1. The maximum atomic E-state index is 10.3. The number of anilines is 1. The predicted molar refractivity (Wildman–Crippen MR) is 91.6 cm³/mol. The number of hydrogen-bond donors (Lipinski definition) is 2. The second-order valence-electron chi connectivity index (χ2n) is 6.40. The van der Waals surface area contributed by atoms with Gasteiger partial charge in [0.15, 0.2) is 5.65 Å². The van der Waals surface area contributed by atoms with Gasteiger partial charge < -0.3 is 15.3 Å². The van der Waals surface area contributed by atoms with E-state index in [0.717, 1.165) is 35.6 Å². The smallest absolute Gasteiger partial charge is 0.165 e. The first-order chi connectivity index (χ1) is 11.1. The van der Waals surface area contributed by atoms with Crippen LogP contribution < -0.4 is 5.32 Å². The van der Waals surface area contributed by atoms with E-state index in [-0.39, 0.29) is 0 Å². The van der Waals surface area contributed by atoms with Gasteiger partial charge in [0, 0.05) is 18.8 Å². The quantitative estimate of drug-likeness (QED) is 0.878. The second-order valence-corrected chi connectivity index (χ2v) is 6.40. The topological polar surface area (TPSA) is 74.2 Å². The van der Waals surface area contributed by atoms with Gasteiger partial charge in [-0.05, 0) is 51.4 Å². The lowest BCUT2D eigenvalue weighted by molar-refractivity contribution is 0.109. The molecule has 2 aromatic rings. The van der Waals surface area contributed by atoms with E-state index >= 15 is 0 Å². The molecule has 6 heteroatoms. The van der Waals surface area contributed by atoms with Crippen molar-refractivity contribution in [1.29, 1.82) is 0 Å². The van der Waals surface area contributed by atoms with Crippen LogP contribution in [-0.4, -0.2) is 57.2 Å². The standard InChI is InChI=1S/C17H25N5O/c1-12-8-13(2)21-17-15(12)16(19-11-20-17)18-9-14(23)10-22-6-4-3-5-7-22/h8,11,14,23H,3-7,9-10H2,1-2H3,(H,18,19,20,21). The molecule has 2 aromatic heterocycles. The van der Waals surface area contributed by atoms with Crippen LogP contribution in [0.3, 0.4) is 0 Å². The molecule has 1 fully saturated rings. The molecule has 0 aromatic carbocycles. The SMILES string of the molecule is Cc1cc(C)c2c(NCC(O)CN3CCCCC3)ncnc2n1. The Balaban J connectivity index is 1.67. The van der Waals surface area contributed by atoms with Crippen LogP contribution in [0.5, 0.6) is 0 Å². The van der Waals surface area contributed by atoms with E-state index in [1.54, 1.807) is 0 Å². The maximum absolute atomic E-state index is 10.3. The molecule has 124 valence electrons. The third kappa shape index (κ3) is 3.95. The summed E-state index contributed by atoms with van der Waals surface area (Å²) in [5, 5.41) is 14.5. The Bertz CT molecular complexity index is 669. The van der Waals surface area contributed by atoms with Crippen LogP contribution in [0.2, 0.25) is 0 Å². The van der Waals surface area contributed by atoms with Crippen LogP contribution in [0.1, 0.15) is 30.5 Å². The van der Waals surface area contributed by atoms with Crippen molar-refractivity contribution in [3.8, 4) is 0 Å². The van der Waals surface area contributed by atoms with E-state index in [4.69, 9.17) is 0 Å². The molecule has 1 aliphatic rings. The van der Waals surface area contributed by atoms with Gasteiger partial charge in [0.05, 0.1) is 11.5 Å². The molecule has 2 N–H and O–H groups in total. The van der Waals surface area contributed by atoms with Crippen molar-refractivity contribution in [3.05, 3.63) is 23.7 Å². The number of β-amino-alcohol motifs (C(OH)–C–C–N with tert-alkyl or cyclic N) is 1. The highest BCUT2D eigenvalue weighted by molar-refractivity contribution is 5.89. The van der Waals surface area contributed by atoms with E-state index in [0.29, 0.717) is 18.7 Å². The summed E-state index contributed by atoms with van der Waals surface area (Å²) in [6, 6.07) is 2.03. The fraction of sp³-hybridized carbons (Fsp3) is 0.588. The van der Waals surface area contributed by atoms with Gasteiger partial charge in [0.2, 0.25) is 0 Å². The van der Waals surface area contributed by atoms with Crippen molar-refractivity contribution in [2.45, 2.75) is 39.2 Å². The second kappa shape index (κ2) is 7.19. The number of fused-ring (bicyclic) bond motifs is 1. The molecule has 3 heterocycles. The van der Waals surface area contributed by atoms with Crippen molar-refractivity contribution >= 4 is 16.9 Å². The molecule has 0 radical (unpaired) electrons. The lowest BCUT2D eigenvalue weighted by atomic mass is 10.1. The molecular weight excluding hydrogens is 290 g/mol. The highest BCUT2D eigenvalue weighted by Crippen LogP contribution is 2.22. The number of rotatable bonds is 5. The number of pyridine rings is 1. The lowest BCUT2D eigenvalue weighted by Gasteiger charge is -2.28. The summed E-state index contributed by atoms with van der Waals surface area (Å²) in [5.74, 6) is 0.748. The maximum Gasteiger partial charge on any atom is 0.165 e. The van der Waals surface area contributed by atoms with Crippen molar-refractivity contribution in [2.24, 2.45) is 0 Å².